The number of hydrogen-bond donors (Lipinski definition) is 2. The third-order valence-electron chi connectivity index (χ3n) is 6.53. The van der Waals surface area contributed by atoms with E-state index in [9.17, 15) is 19.5 Å². The number of aliphatic carboxylic acids is 1. The standard InChI is InChI=1S/C26H29N3O5/c1-5-6-10-22(25(31)32)29-24(30)18-13-17(34-4)11-12-21(18)28(26(29)33)16(3)19-14-27-20-9-7-8-15(2)23(19)20/h7-9,11-14,16,22,27H,5-6,10H2,1-4H3,(H,31,32)/t16?,22-/m0/s1. The Bertz CT molecular complexity index is 1490. The van der Waals surface area contributed by atoms with Gasteiger partial charge in [-0.25, -0.2) is 14.2 Å². The summed E-state index contributed by atoms with van der Waals surface area (Å²) in [4.78, 5) is 42.7. The van der Waals surface area contributed by atoms with E-state index in [1.807, 2.05) is 45.2 Å². The highest BCUT2D eigenvalue weighted by Gasteiger charge is 2.28. The summed E-state index contributed by atoms with van der Waals surface area (Å²) in [6, 6.07) is 9.16. The summed E-state index contributed by atoms with van der Waals surface area (Å²) >= 11 is 0. The lowest BCUT2D eigenvalue weighted by atomic mass is 10.0. The molecule has 4 aromatic rings. The van der Waals surface area contributed by atoms with E-state index in [4.69, 9.17) is 4.74 Å². The highest BCUT2D eigenvalue weighted by Crippen LogP contribution is 2.31. The number of nitrogens with one attached hydrogen (secondary N) is 1. The predicted molar refractivity (Wildman–Crippen MR) is 132 cm³/mol. The number of unbranched alkanes of at least 4 members (excludes halogenated alkanes) is 1. The molecule has 0 amide bonds. The fourth-order valence-electron chi connectivity index (χ4n) is 4.74. The van der Waals surface area contributed by atoms with Crippen LogP contribution in [-0.2, 0) is 4.79 Å². The van der Waals surface area contributed by atoms with Crippen molar-refractivity contribution in [3.63, 3.8) is 0 Å². The molecule has 8 heteroatoms. The highest BCUT2D eigenvalue weighted by molar-refractivity contribution is 5.87. The van der Waals surface area contributed by atoms with E-state index in [1.54, 1.807) is 18.2 Å². The van der Waals surface area contributed by atoms with Gasteiger partial charge in [0.2, 0.25) is 0 Å². The monoisotopic (exact) mass is 463 g/mol. The molecule has 0 bridgehead atoms. The quantitative estimate of drug-likeness (QED) is 0.403. The lowest BCUT2D eigenvalue weighted by molar-refractivity contribution is -0.141. The Hall–Kier alpha value is -3.81. The molecule has 2 N–H and O–H groups in total. The van der Waals surface area contributed by atoms with Crippen LogP contribution in [-0.4, -0.2) is 32.3 Å². The molecule has 0 fully saturated rings. The summed E-state index contributed by atoms with van der Waals surface area (Å²) in [5, 5.41) is 11.2. The molecule has 2 heterocycles. The van der Waals surface area contributed by atoms with E-state index in [-0.39, 0.29) is 11.8 Å². The molecule has 2 atom stereocenters. The number of carbonyl (C=O) groups is 1. The van der Waals surface area contributed by atoms with Crippen molar-refractivity contribution in [2.75, 3.05) is 7.11 Å². The molecule has 0 aliphatic heterocycles. The summed E-state index contributed by atoms with van der Waals surface area (Å²) in [5.41, 5.74) is 2.06. The van der Waals surface area contributed by atoms with Crippen LogP contribution in [0.2, 0.25) is 0 Å². The summed E-state index contributed by atoms with van der Waals surface area (Å²) in [6.07, 6.45) is 3.39. The van der Waals surface area contributed by atoms with E-state index in [0.29, 0.717) is 17.7 Å². The Morgan fingerprint density at radius 1 is 1.18 bits per heavy atom. The number of aryl methyl sites for hydroxylation is 1. The Balaban J connectivity index is 2.07. The zero-order valence-corrected chi connectivity index (χ0v) is 19.8. The first-order chi connectivity index (χ1) is 16.3. The molecule has 34 heavy (non-hydrogen) atoms. The van der Waals surface area contributed by atoms with Crippen molar-refractivity contribution < 1.29 is 14.6 Å². The SMILES string of the molecule is CCCC[C@@H](C(=O)O)n1c(=O)c2cc(OC)ccc2n(C(C)c2c[nH]c3cccc(C)c23)c1=O. The predicted octanol–water partition coefficient (Wildman–Crippen LogP) is 4.39. The fraction of sp³-hybridized carbons (Fsp3) is 0.346. The van der Waals surface area contributed by atoms with Gasteiger partial charge in [0, 0.05) is 22.7 Å². The molecule has 4 rings (SSSR count). The number of benzene rings is 2. The van der Waals surface area contributed by atoms with Gasteiger partial charge in [0.1, 0.15) is 11.8 Å². The summed E-state index contributed by atoms with van der Waals surface area (Å²) in [6.45, 7) is 5.83. The Morgan fingerprint density at radius 3 is 2.62 bits per heavy atom. The van der Waals surface area contributed by atoms with Crippen LogP contribution in [0.5, 0.6) is 5.75 Å². The van der Waals surface area contributed by atoms with Crippen molar-refractivity contribution in [3.8, 4) is 5.75 Å². The minimum absolute atomic E-state index is 0.191. The molecule has 0 saturated carbocycles. The van der Waals surface area contributed by atoms with Gasteiger partial charge in [-0.2, -0.15) is 0 Å². The zero-order valence-electron chi connectivity index (χ0n) is 19.8. The average Bonchev–Trinajstić information content (AvgIpc) is 3.26. The summed E-state index contributed by atoms with van der Waals surface area (Å²) < 4.78 is 7.73. The van der Waals surface area contributed by atoms with Crippen LogP contribution in [0.4, 0.5) is 0 Å². The minimum Gasteiger partial charge on any atom is -0.497 e. The lowest BCUT2D eigenvalue weighted by Crippen LogP contribution is -2.45. The topological polar surface area (TPSA) is 106 Å². The molecule has 0 aliphatic carbocycles. The van der Waals surface area contributed by atoms with Gasteiger partial charge in [-0.15, -0.1) is 0 Å². The maximum atomic E-state index is 13.8. The molecule has 2 aromatic carbocycles. The number of fused-ring (bicyclic) bond motifs is 2. The minimum atomic E-state index is -1.25. The van der Waals surface area contributed by atoms with E-state index < -0.39 is 29.3 Å². The third-order valence-corrected chi connectivity index (χ3v) is 6.53. The maximum absolute atomic E-state index is 13.8. The molecule has 0 saturated heterocycles. The molecular weight excluding hydrogens is 434 g/mol. The van der Waals surface area contributed by atoms with Crippen molar-refractivity contribution in [3.05, 3.63) is 74.6 Å². The fourth-order valence-corrected chi connectivity index (χ4v) is 4.74. The van der Waals surface area contributed by atoms with E-state index in [1.165, 1.54) is 11.7 Å². The van der Waals surface area contributed by atoms with Crippen molar-refractivity contribution >= 4 is 27.8 Å². The number of hydrogen-bond acceptors (Lipinski definition) is 4. The molecule has 0 radical (unpaired) electrons. The van der Waals surface area contributed by atoms with Gasteiger partial charge in [-0.3, -0.25) is 9.36 Å². The second-order valence-corrected chi connectivity index (χ2v) is 8.62. The number of aromatic nitrogens is 3. The highest BCUT2D eigenvalue weighted by atomic mass is 16.5. The van der Waals surface area contributed by atoms with Crippen LogP contribution in [0, 0.1) is 6.92 Å². The average molecular weight is 464 g/mol. The van der Waals surface area contributed by atoms with Crippen LogP contribution in [0.3, 0.4) is 0 Å². The number of aromatic amines is 1. The van der Waals surface area contributed by atoms with Crippen LogP contribution in [0.25, 0.3) is 21.8 Å². The van der Waals surface area contributed by atoms with Gasteiger partial charge in [0.05, 0.1) is 24.1 Å². The summed E-state index contributed by atoms with van der Waals surface area (Å²) in [5.74, 6) is -0.741. The van der Waals surface area contributed by atoms with Crippen LogP contribution in [0.15, 0.2) is 52.2 Å². The first-order valence-corrected chi connectivity index (χ1v) is 11.4. The van der Waals surface area contributed by atoms with Gasteiger partial charge in [0.15, 0.2) is 0 Å². The molecule has 2 aromatic heterocycles. The second-order valence-electron chi connectivity index (χ2n) is 8.62. The van der Waals surface area contributed by atoms with Gasteiger partial charge >= 0.3 is 11.7 Å². The molecule has 8 nitrogen and oxygen atoms in total. The first kappa shape index (κ1) is 23.4. The van der Waals surface area contributed by atoms with Gasteiger partial charge in [0.25, 0.3) is 5.56 Å². The van der Waals surface area contributed by atoms with Crippen molar-refractivity contribution in [2.45, 2.75) is 52.1 Å². The van der Waals surface area contributed by atoms with Crippen LogP contribution >= 0.6 is 0 Å². The van der Waals surface area contributed by atoms with Crippen molar-refractivity contribution in [1.82, 2.24) is 14.1 Å². The van der Waals surface area contributed by atoms with Crippen LogP contribution in [0.1, 0.15) is 56.3 Å². The van der Waals surface area contributed by atoms with Crippen molar-refractivity contribution in [2.24, 2.45) is 0 Å². The number of rotatable bonds is 8. The first-order valence-electron chi connectivity index (χ1n) is 11.4. The number of H-pyrrole nitrogens is 1. The number of carboxylic acids is 1. The van der Waals surface area contributed by atoms with Crippen LogP contribution < -0.4 is 16.0 Å². The number of ether oxygens (including phenoxy) is 1. The lowest BCUT2D eigenvalue weighted by Gasteiger charge is -2.23. The molecule has 0 aliphatic rings. The van der Waals surface area contributed by atoms with Gasteiger partial charge in [-0.05, 0) is 50.1 Å². The van der Waals surface area contributed by atoms with E-state index in [0.717, 1.165) is 33.0 Å². The van der Waals surface area contributed by atoms with Gasteiger partial charge < -0.3 is 14.8 Å². The smallest absolute Gasteiger partial charge is 0.332 e. The summed E-state index contributed by atoms with van der Waals surface area (Å²) in [7, 11) is 1.49. The molecule has 178 valence electrons. The Morgan fingerprint density at radius 2 is 1.94 bits per heavy atom. The Kier molecular flexibility index (Phi) is 6.32. The molecular formula is C26H29N3O5. The molecule has 1 unspecified atom stereocenters. The normalized spacial score (nSPS) is 13.3. The molecule has 0 spiro atoms. The number of carboxylic acid groups (broad SMARTS) is 1. The van der Waals surface area contributed by atoms with Crippen molar-refractivity contribution in [1.29, 1.82) is 0 Å². The zero-order chi connectivity index (χ0) is 24.6. The Labute approximate surface area is 196 Å². The van der Waals surface area contributed by atoms with E-state index >= 15 is 0 Å². The maximum Gasteiger partial charge on any atom is 0.332 e. The third kappa shape index (κ3) is 3.79. The van der Waals surface area contributed by atoms with E-state index in [2.05, 4.69) is 4.98 Å². The van der Waals surface area contributed by atoms with Gasteiger partial charge in [-0.1, -0.05) is 31.9 Å². The largest absolute Gasteiger partial charge is 0.497 e. The number of methoxy groups -OCH3 is 1. The second kappa shape index (κ2) is 9.21. The number of nitrogens with zero attached hydrogens (tertiary/aromatic N) is 2.